The van der Waals surface area contributed by atoms with Crippen LogP contribution in [0.15, 0.2) is 42.5 Å². The van der Waals surface area contributed by atoms with Gasteiger partial charge in [0.2, 0.25) is 0 Å². The van der Waals surface area contributed by atoms with Crippen LogP contribution in [0.5, 0.6) is 11.5 Å². The third kappa shape index (κ3) is 4.18. The maximum atomic E-state index is 12.0. The van der Waals surface area contributed by atoms with Crippen molar-refractivity contribution in [3.63, 3.8) is 0 Å². The van der Waals surface area contributed by atoms with Gasteiger partial charge in [-0.2, -0.15) is 0 Å². The lowest BCUT2D eigenvalue weighted by atomic mass is 10.1. The van der Waals surface area contributed by atoms with Gasteiger partial charge >= 0.3 is 0 Å². The maximum Gasteiger partial charge on any atom is 0.172 e. The second kappa shape index (κ2) is 7.22. The lowest BCUT2D eigenvalue weighted by Crippen LogP contribution is -2.08. The number of phenolic OH excluding ortho intramolecular Hbond substituents is 2. The van der Waals surface area contributed by atoms with E-state index in [0.717, 1.165) is 17.0 Å². The molecule has 0 bridgehead atoms. The van der Waals surface area contributed by atoms with Gasteiger partial charge < -0.3 is 15.1 Å². The normalized spacial score (nSPS) is 10.5. The van der Waals surface area contributed by atoms with Crippen LogP contribution in [0.4, 0.5) is 5.69 Å². The number of Topliss-reactive ketones (excluding diaryl/α,β-unsaturated/α-hetero) is 1. The predicted molar refractivity (Wildman–Crippen MR) is 91.0 cm³/mol. The minimum Gasteiger partial charge on any atom is -0.504 e. The van der Waals surface area contributed by atoms with Crippen molar-refractivity contribution in [2.24, 2.45) is 0 Å². The Kier molecular flexibility index (Phi) is 5.33. The standard InChI is InChI=1S/C17H19NO3S/c1-18(2)14-6-3-12(4-7-14)10-22-11-17(21)13-5-8-15(19)16(20)9-13/h3-9,19-20H,10-11H2,1-2H3. The molecular weight excluding hydrogens is 298 g/mol. The highest BCUT2D eigenvalue weighted by Crippen LogP contribution is 2.26. The first-order chi connectivity index (χ1) is 10.5. The molecule has 5 heteroatoms. The van der Waals surface area contributed by atoms with E-state index in [0.29, 0.717) is 11.3 Å². The zero-order valence-electron chi connectivity index (χ0n) is 12.6. The lowest BCUT2D eigenvalue weighted by Gasteiger charge is -2.12. The molecule has 0 amide bonds. The zero-order valence-corrected chi connectivity index (χ0v) is 13.4. The average molecular weight is 317 g/mol. The fourth-order valence-electron chi connectivity index (χ4n) is 1.93. The summed E-state index contributed by atoms with van der Waals surface area (Å²) in [5, 5.41) is 18.7. The molecule has 2 aromatic carbocycles. The Hall–Kier alpha value is -2.14. The summed E-state index contributed by atoms with van der Waals surface area (Å²) in [5.41, 5.74) is 2.71. The van der Waals surface area contributed by atoms with Crippen molar-refractivity contribution in [3.8, 4) is 11.5 Å². The van der Waals surface area contributed by atoms with Crippen LogP contribution in [0.3, 0.4) is 0 Å². The number of benzene rings is 2. The summed E-state index contributed by atoms with van der Waals surface area (Å²) in [4.78, 5) is 14.1. The smallest absolute Gasteiger partial charge is 0.172 e. The van der Waals surface area contributed by atoms with Crippen LogP contribution in [0, 0.1) is 0 Å². The highest BCUT2D eigenvalue weighted by atomic mass is 32.2. The monoisotopic (exact) mass is 317 g/mol. The van der Waals surface area contributed by atoms with Crippen LogP contribution in [-0.2, 0) is 5.75 Å². The van der Waals surface area contributed by atoms with E-state index in [1.807, 2.05) is 19.0 Å². The Balaban J connectivity index is 1.87. The van der Waals surface area contributed by atoms with Crippen molar-refractivity contribution < 1.29 is 15.0 Å². The molecular formula is C17H19NO3S. The summed E-state index contributed by atoms with van der Waals surface area (Å²) in [6, 6.07) is 12.4. The van der Waals surface area contributed by atoms with E-state index < -0.39 is 0 Å². The Morgan fingerprint density at radius 1 is 1.05 bits per heavy atom. The highest BCUT2D eigenvalue weighted by Gasteiger charge is 2.09. The molecule has 0 aliphatic rings. The number of phenols is 2. The number of hydrogen-bond acceptors (Lipinski definition) is 5. The summed E-state index contributed by atoms with van der Waals surface area (Å²) in [6.07, 6.45) is 0. The fraction of sp³-hybridized carbons (Fsp3) is 0.235. The quantitative estimate of drug-likeness (QED) is 0.632. The van der Waals surface area contributed by atoms with Crippen LogP contribution in [0.25, 0.3) is 0 Å². The number of aromatic hydroxyl groups is 2. The second-order valence-corrected chi connectivity index (χ2v) is 6.17. The van der Waals surface area contributed by atoms with Crippen LogP contribution in [0.2, 0.25) is 0 Å². The van der Waals surface area contributed by atoms with E-state index in [4.69, 9.17) is 0 Å². The zero-order chi connectivity index (χ0) is 16.1. The van der Waals surface area contributed by atoms with Crippen LogP contribution in [0.1, 0.15) is 15.9 Å². The molecule has 0 atom stereocenters. The van der Waals surface area contributed by atoms with Gasteiger partial charge in [0.05, 0.1) is 5.75 Å². The third-order valence-corrected chi connectivity index (χ3v) is 4.26. The van der Waals surface area contributed by atoms with Gasteiger partial charge in [0.1, 0.15) is 0 Å². The summed E-state index contributed by atoms with van der Waals surface area (Å²) < 4.78 is 0. The van der Waals surface area contributed by atoms with Crippen molar-refractivity contribution in [3.05, 3.63) is 53.6 Å². The summed E-state index contributed by atoms with van der Waals surface area (Å²) in [6.45, 7) is 0. The van der Waals surface area contributed by atoms with Gasteiger partial charge in [0.15, 0.2) is 17.3 Å². The van der Waals surface area contributed by atoms with Gasteiger partial charge in [-0.25, -0.2) is 0 Å². The Bertz CT molecular complexity index is 653. The molecule has 0 radical (unpaired) electrons. The first-order valence-corrected chi connectivity index (χ1v) is 8.02. The van der Waals surface area contributed by atoms with E-state index in [9.17, 15) is 15.0 Å². The molecule has 0 aliphatic carbocycles. The molecule has 4 nitrogen and oxygen atoms in total. The third-order valence-electron chi connectivity index (χ3n) is 3.25. The second-order valence-electron chi connectivity index (χ2n) is 5.18. The number of nitrogens with zero attached hydrogens (tertiary/aromatic N) is 1. The summed E-state index contributed by atoms with van der Waals surface area (Å²) in [7, 11) is 3.99. The van der Waals surface area contributed by atoms with Gasteiger partial charge in [0, 0.05) is 31.1 Å². The molecule has 0 saturated carbocycles. The molecule has 2 N–H and O–H groups in total. The topological polar surface area (TPSA) is 60.8 Å². The maximum absolute atomic E-state index is 12.0. The molecule has 0 saturated heterocycles. The number of hydrogen-bond donors (Lipinski definition) is 2. The number of ketones is 1. The number of anilines is 1. The number of rotatable bonds is 6. The Labute approximate surface area is 134 Å². The molecule has 0 aromatic heterocycles. The molecule has 0 fully saturated rings. The van der Waals surface area contributed by atoms with E-state index in [-0.39, 0.29) is 17.3 Å². The predicted octanol–water partition coefficient (Wildman–Crippen LogP) is 3.28. The molecule has 0 aliphatic heterocycles. The van der Waals surface area contributed by atoms with Crippen molar-refractivity contribution in [2.45, 2.75) is 5.75 Å². The van der Waals surface area contributed by atoms with Crippen molar-refractivity contribution >= 4 is 23.2 Å². The van der Waals surface area contributed by atoms with Gasteiger partial charge in [-0.3, -0.25) is 4.79 Å². The number of thioether (sulfide) groups is 1. The minimum atomic E-state index is -0.268. The van der Waals surface area contributed by atoms with Gasteiger partial charge in [-0.05, 0) is 35.9 Å². The number of carbonyl (C=O) groups is 1. The summed E-state index contributed by atoms with van der Waals surface area (Å²) >= 11 is 1.53. The van der Waals surface area contributed by atoms with Crippen LogP contribution in [-0.4, -0.2) is 35.8 Å². The summed E-state index contributed by atoms with van der Waals surface area (Å²) in [5.74, 6) is 0.536. The van der Waals surface area contributed by atoms with Gasteiger partial charge in [0.25, 0.3) is 0 Å². The van der Waals surface area contributed by atoms with Gasteiger partial charge in [-0.1, -0.05) is 12.1 Å². The van der Waals surface area contributed by atoms with Crippen LogP contribution >= 0.6 is 11.8 Å². The molecule has 0 heterocycles. The molecule has 22 heavy (non-hydrogen) atoms. The Morgan fingerprint density at radius 3 is 2.32 bits per heavy atom. The molecule has 0 spiro atoms. The first kappa shape index (κ1) is 16.2. The molecule has 116 valence electrons. The van der Waals surface area contributed by atoms with E-state index in [1.54, 1.807) is 0 Å². The van der Waals surface area contributed by atoms with Crippen LogP contribution < -0.4 is 4.90 Å². The van der Waals surface area contributed by atoms with Crippen molar-refractivity contribution in [1.82, 2.24) is 0 Å². The highest BCUT2D eigenvalue weighted by molar-refractivity contribution is 7.99. The molecule has 2 aromatic rings. The molecule has 2 rings (SSSR count). The fourth-order valence-corrected chi connectivity index (χ4v) is 2.81. The Morgan fingerprint density at radius 2 is 1.73 bits per heavy atom. The van der Waals surface area contributed by atoms with E-state index >= 15 is 0 Å². The largest absolute Gasteiger partial charge is 0.504 e. The van der Waals surface area contributed by atoms with Crippen molar-refractivity contribution in [1.29, 1.82) is 0 Å². The SMILES string of the molecule is CN(C)c1ccc(CSCC(=O)c2ccc(O)c(O)c2)cc1. The molecule has 0 unspecified atom stereocenters. The van der Waals surface area contributed by atoms with Crippen molar-refractivity contribution in [2.75, 3.05) is 24.7 Å². The average Bonchev–Trinajstić information content (AvgIpc) is 2.50. The first-order valence-electron chi connectivity index (χ1n) is 6.86. The lowest BCUT2D eigenvalue weighted by molar-refractivity contribution is 0.102. The minimum absolute atomic E-state index is 0.0646. The van der Waals surface area contributed by atoms with E-state index in [2.05, 4.69) is 24.3 Å². The van der Waals surface area contributed by atoms with E-state index in [1.165, 1.54) is 30.0 Å². The number of carbonyl (C=O) groups excluding carboxylic acids is 1. The van der Waals surface area contributed by atoms with Gasteiger partial charge in [-0.15, -0.1) is 11.8 Å².